The van der Waals surface area contributed by atoms with Crippen molar-refractivity contribution in [1.82, 2.24) is 4.98 Å². The van der Waals surface area contributed by atoms with Gasteiger partial charge in [0.05, 0.1) is 0 Å². The first-order valence-corrected chi connectivity index (χ1v) is 7.07. The van der Waals surface area contributed by atoms with Crippen molar-refractivity contribution in [3.05, 3.63) is 64.3 Å². The smallest absolute Gasteiger partial charge is 0.255 e. The Kier molecular flexibility index (Phi) is 3.32. The lowest BCUT2D eigenvalue weighted by Crippen LogP contribution is -2.11. The van der Waals surface area contributed by atoms with E-state index in [2.05, 4.69) is 26.2 Å². The molecule has 0 radical (unpaired) electrons. The summed E-state index contributed by atoms with van der Waals surface area (Å²) in [5.41, 5.74) is 3.59. The number of anilines is 1. The van der Waals surface area contributed by atoms with Crippen LogP contribution in [0.4, 0.5) is 5.69 Å². The van der Waals surface area contributed by atoms with E-state index in [9.17, 15) is 4.79 Å². The van der Waals surface area contributed by atoms with E-state index in [-0.39, 0.29) is 5.91 Å². The highest BCUT2D eigenvalue weighted by Crippen LogP contribution is 2.21. The Bertz CT molecular complexity index is 792. The van der Waals surface area contributed by atoms with Crippen LogP contribution >= 0.6 is 15.9 Å². The number of aromatic amines is 1. The second kappa shape index (κ2) is 5.13. The second-order valence-electron chi connectivity index (χ2n) is 4.70. The summed E-state index contributed by atoms with van der Waals surface area (Å²) in [5, 5.41) is 3.93. The van der Waals surface area contributed by atoms with Gasteiger partial charge in [0.1, 0.15) is 0 Å². The number of nitrogens with one attached hydrogen (secondary N) is 2. The fraction of sp³-hybridized carbons (Fsp3) is 0.0625. The van der Waals surface area contributed by atoms with E-state index in [1.807, 2.05) is 55.6 Å². The fourth-order valence-electron chi connectivity index (χ4n) is 2.07. The monoisotopic (exact) mass is 328 g/mol. The number of H-pyrrole nitrogens is 1. The number of fused-ring (bicyclic) bond motifs is 1. The van der Waals surface area contributed by atoms with E-state index in [4.69, 9.17) is 0 Å². The molecule has 0 bridgehead atoms. The molecule has 1 amide bonds. The van der Waals surface area contributed by atoms with Gasteiger partial charge in [0.15, 0.2) is 0 Å². The lowest BCUT2D eigenvalue weighted by molar-refractivity contribution is 0.102. The van der Waals surface area contributed by atoms with Crippen LogP contribution in [0.15, 0.2) is 53.1 Å². The molecule has 0 aliphatic rings. The van der Waals surface area contributed by atoms with E-state index in [0.717, 1.165) is 26.6 Å². The van der Waals surface area contributed by atoms with Gasteiger partial charge in [-0.05, 0) is 48.9 Å². The maximum absolute atomic E-state index is 12.2. The molecule has 0 unspecified atom stereocenters. The van der Waals surface area contributed by atoms with Crippen molar-refractivity contribution in [3.63, 3.8) is 0 Å². The molecule has 3 aromatic rings. The summed E-state index contributed by atoms with van der Waals surface area (Å²) in [4.78, 5) is 15.4. The van der Waals surface area contributed by atoms with Crippen LogP contribution in [0.2, 0.25) is 0 Å². The summed E-state index contributed by atoms with van der Waals surface area (Å²) < 4.78 is 0.983. The highest BCUT2D eigenvalue weighted by atomic mass is 79.9. The van der Waals surface area contributed by atoms with Gasteiger partial charge >= 0.3 is 0 Å². The van der Waals surface area contributed by atoms with Crippen molar-refractivity contribution in [2.75, 3.05) is 5.32 Å². The van der Waals surface area contributed by atoms with Crippen molar-refractivity contribution in [2.45, 2.75) is 6.92 Å². The SMILES string of the molecule is Cc1ccc(NC(=O)c2ccc3[nH]ccc3c2)cc1Br. The lowest BCUT2D eigenvalue weighted by atomic mass is 10.1. The van der Waals surface area contributed by atoms with Crippen molar-refractivity contribution < 1.29 is 4.79 Å². The van der Waals surface area contributed by atoms with E-state index in [0.29, 0.717) is 5.56 Å². The molecule has 2 N–H and O–H groups in total. The van der Waals surface area contributed by atoms with Crippen LogP contribution < -0.4 is 5.32 Å². The van der Waals surface area contributed by atoms with Crippen molar-refractivity contribution in [2.24, 2.45) is 0 Å². The van der Waals surface area contributed by atoms with Gasteiger partial charge in [-0.2, -0.15) is 0 Å². The largest absolute Gasteiger partial charge is 0.361 e. The number of hydrogen-bond donors (Lipinski definition) is 2. The zero-order valence-corrected chi connectivity index (χ0v) is 12.5. The summed E-state index contributed by atoms with van der Waals surface area (Å²) >= 11 is 3.46. The van der Waals surface area contributed by atoms with Crippen LogP contribution in [-0.4, -0.2) is 10.9 Å². The van der Waals surface area contributed by atoms with Crippen LogP contribution in [0, 0.1) is 6.92 Å². The second-order valence-corrected chi connectivity index (χ2v) is 5.55. The van der Waals surface area contributed by atoms with E-state index >= 15 is 0 Å². The Morgan fingerprint density at radius 2 is 2.00 bits per heavy atom. The minimum atomic E-state index is -0.108. The number of aryl methyl sites for hydroxylation is 1. The number of rotatable bonds is 2. The highest BCUT2D eigenvalue weighted by Gasteiger charge is 2.08. The molecule has 20 heavy (non-hydrogen) atoms. The third kappa shape index (κ3) is 2.47. The number of halogens is 1. The molecular formula is C16H13BrN2O. The Labute approximate surface area is 125 Å². The van der Waals surface area contributed by atoms with Gasteiger partial charge in [0.25, 0.3) is 5.91 Å². The number of amides is 1. The molecule has 3 nitrogen and oxygen atoms in total. The first-order valence-electron chi connectivity index (χ1n) is 6.28. The normalized spacial score (nSPS) is 10.7. The first-order chi connectivity index (χ1) is 9.63. The summed E-state index contributed by atoms with van der Waals surface area (Å²) in [6, 6.07) is 13.3. The molecule has 2 aromatic carbocycles. The Hall–Kier alpha value is -2.07. The van der Waals surface area contributed by atoms with Gasteiger partial charge < -0.3 is 10.3 Å². The molecule has 1 aromatic heterocycles. The molecule has 0 spiro atoms. The van der Waals surface area contributed by atoms with Crippen molar-refractivity contribution >= 4 is 38.4 Å². The predicted octanol–water partition coefficient (Wildman–Crippen LogP) is 4.49. The Morgan fingerprint density at radius 3 is 2.80 bits per heavy atom. The van der Waals surface area contributed by atoms with Gasteiger partial charge in [-0.1, -0.05) is 22.0 Å². The molecule has 100 valence electrons. The molecule has 4 heteroatoms. The van der Waals surface area contributed by atoms with E-state index in [1.165, 1.54) is 0 Å². The molecule has 3 rings (SSSR count). The standard InChI is InChI=1S/C16H13BrN2O/c1-10-2-4-13(9-14(10)17)19-16(20)12-3-5-15-11(8-12)6-7-18-15/h2-9,18H,1H3,(H,19,20). The number of aromatic nitrogens is 1. The minimum absolute atomic E-state index is 0.108. The van der Waals surface area contributed by atoms with Crippen molar-refractivity contribution in [1.29, 1.82) is 0 Å². The Balaban J connectivity index is 1.86. The maximum atomic E-state index is 12.2. The van der Waals surface area contributed by atoms with Gasteiger partial charge in [-0.25, -0.2) is 0 Å². The van der Waals surface area contributed by atoms with Crippen LogP contribution in [-0.2, 0) is 0 Å². The minimum Gasteiger partial charge on any atom is -0.361 e. The Morgan fingerprint density at radius 1 is 1.15 bits per heavy atom. The molecule has 0 saturated carbocycles. The van der Waals surface area contributed by atoms with Crippen LogP contribution in [0.5, 0.6) is 0 Å². The fourth-order valence-corrected chi connectivity index (χ4v) is 2.45. The van der Waals surface area contributed by atoms with Crippen LogP contribution in [0.25, 0.3) is 10.9 Å². The number of carbonyl (C=O) groups excluding carboxylic acids is 1. The average molecular weight is 329 g/mol. The van der Waals surface area contributed by atoms with Gasteiger partial charge in [-0.15, -0.1) is 0 Å². The summed E-state index contributed by atoms with van der Waals surface area (Å²) in [7, 11) is 0. The topological polar surface area (TPSA) is 44.9 Å². The average Bonchev–Trinajstić information content (AvgIpc) is 2.90. The molecule has 0 saturated heterocycles. The summed E-state index contributed by atoms with van der Waals surface area (Å²) in [6.45, 7) is 2.01. The van der Waals surface area contributed by atoms with Crippen LogP contribution in [0.3, 0.4) is 0 Å². The maximum Gasteiger partial charge on any atom is 0.255 e. The molecular weight excluding hydrogens is 316 g/mol. The van der Waals surface area contributed by atoms with Crippen molar-refractivity contribution in [3.8, 4) is 0 Å². The van der Waals surface area contributed by atoms with Gasteiger partial charge in [0, 0.05) is 32.8 Å². The van der Waals surface area contributed by atoms with E-state index < -0.39 is 0 Å². The third-order valence-corrected chi connectivity index (χ3v) is 4.10. The van der Waals surface area contributed by atoms with Gasteiger partial charge in [0.2, 0.25) is 0 Å². The quantitative estimate of drug-likeness (QED) is 0.715. The molecule has 0 fully saturated rings. The molecule has 0 aliphatic carbocycles. The lowest BCUT2D eigenvalue weighted by Gasteiger charge is -2.07. The zero-order valence-electron chi connectivity index (χ0n) is 10.9. The predicted molar refractivity (Wildman–Crippen MR) is 85.1 cm³/mol. The van der Waals surface area contributed by atoms with Gasteiger partial charge in [-0.3, -0.25) is 4.79 Å². The molecule has 0 atom stereocenters. The highest BCUT2D eigenvalue weighted by molar-refractivity contribution is 9.10. The number of carbonyl (C=O) groups is 1. The number of benzene rings is 2. The summed E-state index contributed by atoms with van der Waals surface area (Å²) in [5.74, 6) is -0.108. The number of hydrogen-bond acceptors (Lipinski definition) is 1. The molecule has 1 heterocycles. The van der Waals surface area contributed by atoms with Crippen LogP contribution in [0.1, 0.15) is 15.9 Å². The summed E-state index contributed by atoms with van der Waals surface area (Å²) in [6.07, 6.45) is 1.86. The molecule has 0 aliphatic heterocycles. The van der Waals surface area contributed by atoms with E-state index in [1.54, 1.807) is 0 Å². The first kappa shape index (κ1) is 12.9. The third-order valence-electron chi connectivity index (χ3n) is 3.25. The zero-order chi connectivity index (χ0) is 14.1.